The van der Waals surface area contributed by atoms with Gasteiger partial charge in [0, 0.05) is 25.0 Å². The van der Waals surface area contributed by atoms with Crippen LogP contribution >= 0.6 is 11.8 Å². The third kappa shape index (κ3) is 4.02. The minimum Gasteiger partial charge on any atom is -0.338 e. The van der Waals surface area contributed by atoms with Crippen LogP contribution in [0.3, 0.4) is 0 Å². The first kappa shape index (κ1) is 18.3. The molecule has 1 heterocycles. The Morgan fingerprint density at radius 2 is 2.08 bits per heavy atom. The van der Waals surface area contributed by atoms with E-state index in [9.17, 15) is 9.59 Å². The van der Waals surface area contributed by atoms with Crippen LogP contribution in [-0.2, 0) is 9.59 Å². The van der Waals surface area contributed by atoms with Gasteiger partial charge in [-0.05, 0) is 46.1 Å². The smallest absolute Gasteiger partial charge is 0.236 e. The van der Waals surface area contributed by atoms with Crippen LogP contribution in [0.25, 0.3) is 0 Å². The number of nitrogens with zero attached hydrogens (tertiary/aromatic N) is 2. The van der Waals surface area contributed by atoms with E-state index >= 15 is 0 Å². The molecule has 136 valence electrons. The van der Waals surface area contributed by atoms with E-state index < -0.39 is 0 Å². The minimum atomic E-state index is -0.0304. The summed E-state index contributed by atoms with van der Waals surface area (Å²) in [4.78, 5) is 29.1. The topological polar surface area (TPSA) is 40.6 Å². The molecular weight excluding hydrogens is 332 g/mol. The van der Waals surface area contributed by atoms with E-state index in [1.54, 1.807) is 11.8 Å². The van der Waals surface area contributed by atoms with Crippen molar-refractivity contribution in [2.45, 2.75) is 57.2 Å². The predicted molar refractivity (Wildman–Crippen MR) is 102 cm³/mol. The Labute approximate surface area is 154 Å². The van der Waals surface area contributed by atoms with E-state index in [0.717, 1.165) is 12.8 Å². The van der Waals surface area contributed by atoms with Crippen LogP contribution in [0.1, 0.15) is 50.1 Å². The van der Waals surface area contributed by atoms with Crippen LogP contribution in [0.5, 0.6) is 0 Å². The second-order valence-electron chi connectivity index (χ2n) is 7.48. The van der Waals surface area contributed by atoms with Gasteiger partial charge >= 0.3 is 0 Å². The highest BCUT2D eigenvalue weighted by atomic mass is 32.2. The fourth-order valence-electron chi connectivity index (χ4n) is 3.39. The van der Waals surface area contributed by atoms with Crippen LogP contribution < -0.4 is 0 Å². The number of carbonyl (C=O) groups excluding carboxylic acids is 2. The van der Waals surface area contributed by atoms with Crippen LogP contribution in [0.2, 0.25) is 0 Å². The van der Waals surface area contributed by atoms with Gasteiger partial charge in [0.15, 0.2) is 0 Å². The van der Waals surface area contributed by atoms with Crippen molar-refractivity contribution in [3.05, 3.63) is 35.4 Å². The van der Waals surface area contributed by atoms with E-state index in [0.29, 0.717) is 13.1 Å². The minimum absolute atomic E-state index is 0.0304. The Morgan fingerprint density at radius 1 is 1.36 bits per heavy atom. The highest BCUT2D eigenvalue weighted by molar-refractivity contribution is 8.01. The summed E-state index contributed by atoms with van der Waals surface area (Å²) in [6.07, 6.45) is 2.03. The number of hydrogen-bond acceptors (Lipinski definition) is 3. The Kier molecular flexibility index (Phi) is 5.42. The summed E-state index contributed by atoms with van der Waals surface area (Å²) in [5.41, 5.74) is 2.38. The summed E-state index contributed by atoms with van der Waals surface area (Å²) < 4.78 is 0. The Morgan fingerprint density at radius 3 is 2.68 bits per heavy atom. The number of hydrogen-bond donors (Lipinski definition) is 0. The standard InChI is InChI=1S/C20H28N2O2S/c1-13(2)21(19(24)16-8-9-16)10-11-22-18(23)15(4)25-20(22)17-7-5-6-14(3)12-17/h5-7,12-13,15-16,20H,8-11H2,1-4H3/t15-,20-/m1/s1. The third-order valence-corrected chi connectivity index (χ3v) is 6.38. The first-order valence-corrected chi connectivity index (χ1v) is 10.2. The molecule has 1 saturated heterocycles. The number of aryl methyl sites for hydroxylation is 1. The zero-order valence-corrected chi connectivity index (χ0v) is 16.4. The lowest BCUT2D eigenvalue weighted by molar-refractivity contribution is -0.136. The molecule has 0 aromatic heterocycles. The van der Waals surface area contributed by atoms with E-state index in [1.807, 2.05) is 22.8 Å². The molecule has 0 spiro atoms. The average Bonchev–Trinajstić information content (AvgIpc) is 3.36. The largest absolute Gasteiger partial charge is 0.338 e. The molecule has 4 nitrogen and oxygen atoms in total. The second-order valence-corrected chi connectivity index (χ2v) is 8.90. The normalized spacial score (nSPS) is 23.4. The Hall–Kier alpha value is -1.49. The van der Waals surface area contributed by atoms with Gasteiger partial charge in [0.1, 0.15) is 5.37 Å². The van der Waals surface area contributed by atoms with Gasteiger partial charge < -0.3 is 9.80 Å². The van der Waals surface area contributed by atoms with Gasteiger partial charge in [0.25, 0.3) is 0 Å². The maximum atomic E-state index is 12.7. The van der Waals surface area contributed by atoms with Gasteiger partial charge in [-0.25, -0.2) is 0 Å². The van der Waals surface area contributed by atoms with Crippen molar-refractivity contribution in [1.29, 1.82) is 0 Å². The molecule has 1 aliphatic carbocycles. The van der Waals surface area contributed by atoms with Crippen LogP contribution in [0.15, 0.2) is 24.3 Å². The van der Waals surface area contributed by atoms with Crippen molar-refractivity contribution < 1.29 is 9.59 Å². The van der Waals surface area contributed by atoms with Crippen molar-refractivity contribution in [2.24, 2.45) is 5.92 Å². The molecule has 0 unspecified atom stereocenters. The molecule has 1 aliphatic heterocycles. The maximum Gasteiger partial charge on any atom is 0.236 e. The second kappa shape index (κ2) is 7.40. The molecule has 3 rings (SSSR count). The first-order valence-electron chi connectivity index (χ1n) is 9.21. The summed E-state index contributed by atoms with van der Waals surface area (Å²) in [6.45, 7) is 9.39. The van der Waals surface area contributed by atoms with E-state index in [1.165, 1.54) is 11.1 Å². The Bertz CT molecular complexity index is 657. The van der Waals surface area contributed by atoms with Crippen molar-refractivity contribution in [3.63, 3.8) is 0 Å². The van der Waals surface area contributed by atoms with Gasteiger partial charge in [-0.3, -0.25) is 9.59 Å². The average molecular weight is 361 g/mol. The van der Waals surface area contributed by atoms with Crippen LogP contribution in [0, 0.1) is 12.8 Å². The van der Waals surface area contributed by atoms with Gasteiger partial charge in [-0.2, -0.15) is 0 Å². The van der Waals surface area contributed by atoms with Crippen LogP contribution in [0.4, 0.5) is 0 Å². The SMILES string of the molecule is Cc1cccc([C@H]2S[C@H](C)C(=O)N2CCN(C(=O)C2CC2)C(C)C)c1. The molecule has 1 aromatic rings. The molecule has 0 bridgehead atoms. The molecule has 2 fully saturated rings. The summed E-state index contributed by atoms with van der Waals surface area (Å²) >= 11 is 1.70. The van der Waals surface area contributed by atoms with Crippen molar-refractivity contribution >= 4 is 23.6 Å². The maximum absolute atomic E-state index is 12.7. The van der Waals surface area contributed by atoms with Gasteiger partial charge in [-0.15, -0.1) is 11.8 Å². The summed E-state index contributed by atoms with van der Waals surface area (Å²) in [6, 6.07) is 8.55. The lowest BCUT2D eigenvalue weighted by atomic mass is 10.1. The first-order chi connectivity index (χ1) is 11.9. The lowest BCUT2D eigenvalue weighted by Crippen LogP contribution is -2.44. The van der Waals surface area contributed by atoms with Crippen molar-refractivity contribution in [2.75, 3.05) is 13.1 Å². The number of thioether (sulfide) groups is 1. The predicted octanol–water partition coefficient (Wildman–Crippen LogP) is 3.60. The quantitative estimate of drug-likeness (QED) is 0.778. The van der Waals surface area contributed by atoms with E-state index in [-0.39, 0.29) is 34.4 Å². The molecule has 25 heavy (non-hydrogen) atoms. The number of amides is 2. The third-order valence-electron chi connectivity index (χ3n) is 4.99. The fourth-order valence-corrected chi connectivity index (χ4v) is 4.69. The van der Waals surface area contributed by atoms with Gasteiger partial charge in [0.2, 0.25) is 11.8 Å². The molecule has 0 radical (unpaired) electrons. The molecule has 2 atom stereocenters. The highest BCUT2D eigenvalue weighted by Crippen LogP contribution is 2.43. The van der Waals surface area contributed by atoms with E-state index in [4.69, 9.17) is 0 Å². The van der Waals surface area contributed by atoms with Gasteiger partial charge in [-0.1, -0.05) is 29.8 Å². The van der Waals surface area contributed by atoms with Crippen LogP contribution in [-0.4, -0.2) is 46.0 Å². The Balaban J connectivity index is 1.73. The number of carbonyl (C=O) groups is 2. The molecule has 1 saturated carbocycles. The highest BCUT2D eigenvalue weighted by Gasteiger charge is 2.39. The van der Waals surface area contributed by atoms with Gasteiger partial charge in [0.05, 0.1) is 5.25 Å². The molecular formula is C20H28N2O2S. The van der Waals surface area contributed by atoms with Crippen molar-refractivity contribution in [3.8, 4) is 0 Å². The molecule has 5 heteroatoms. The summed E-state index contributed by atoms with van der Waals surface area (Å²) in [5.74, 6) is 0.658. The molecule has 1 aromatic carbocycles. The zero-order valence-electron chi connectivity index (χ0n) is 15.6. The fraction of sp³-hybridized carbons (Fsp3) is 0.600. The zero-order chi connectivity index (χ0) is 18.1. The van der Waals surface area contributed by atoms with Crippen molar-refractivity contribution in [1.82, 2.24) is 9.80 Å². The monoisotopic (exact) mass is 360 g/mol. The summed E-state index contributed by atoms with van der Waals surface area (Å²) in [7, 11) is 0. The molecule has 2 aliphatic rings. The number of rotatable bonds is 6. The molecule has 0 N–H and O–H groups in total. The lowest BCUT2D eigenvalue weighted by Gasteiger charge is -2.31. The number of benzene rings is 1. The summed E-state index contributed by atoms with van der Waals surface area (Å²) in [5, 5.41) is 0.0181. The molecule has 2 amide bonds. The van der Waals surface area contributed by atoms with E-state index in [2.05, 4.69) is 39.0 Å².